The molecule has 4 rings (SSSR count). The summed E-state index contributed by atoms with van der Waals surface area (Å²) < 4.78 is 0. The zero-order chi connectivity index (χ0) is 18.8. The molecule has 1 aliphatic carbocycles. The van der Waals surface area contributed by atoms with Gasteiger partial charge in [-0.05, 0) is 62.5 Å². The highest BCUT2D eigenvalue weighted by Gasteiger charge is 2.30. The van der Waals surface area contributed by atoms with Gasteiger partial charge >= 0.3 is 12.0 Å². The number of carbonyl (C=O) groups excluding carboxylic acids is 1. The summed E-state index contributed by atoms with van der Waals surface area (Å²) >= 11 is 1.98. The molecule has 0 spiro atoms. The molecule has 0 radical (unpaired) electrons. The molecule has 1 saturated carbocycles. The monoisotopic (exact) mass is 391 g/mol. The van der Waals surface area contributed by atoms with Crippen molar-refractivity contribution in [2.75, 3.05) is 19.6 Å². The van der Waals surface area contributed by atoms with Crippen LogP contribution in [-0.4, -0.2) is 47.7 Å². The Kier molecular flexibility index (Phi) is 5.68. The van der Waals surface area contributed by atoms with Crippen LogP contribution < -0.4 is 10.6 Å². The first-order chi connectivity index (χ1) is 13.1. The summed E-state index contributed by atoms with van der Waals surface area (Å²) in [6.07, 6.45) is 6.09. The summed E-state index contributed by atoms with van der Waals surface area (Å²) in [5.41, 5.74) is 1.47. The Balaban J connectivity index is 1.25. The molecule has 27 heavy (non-hydrogen) atoms. The van der Waals surface area contributed by atoms with Crippen LogP contribution in [-0.2, 0) is 17.8 Å². The third-order valence-corrected chi connectivity index (χ3v) is 7.75. The summed E-state index contributed by atoms with van der Waals surface area (Å²) in [4.78, 5) is 28.6. The molecule has 3 N–H and O–H groups in total. The van der Waals surface area contributed by atoms with Crippen molar-refractivity contribution in [1.29, 1.82) is 0 Å². The lowest BCUT2D eigenvalue weighted by Crippen LogP contribution is -2.48. The zero-order valence-electron chi connectivity index (χ0n) is 15.7. The summed E-state index contributed by atoms with van der Waals surface area (Å²) in [6, 6.07) is 2.54. The molecule has 1 aromatic heterocycles. The number of piperidine rings is 1. The number of nitrogens with zero attached hydrogens (tertiary/aromatic N) is 1. The van der Waals surface area contributed by atoms with Crippen molar-refractivity contribution in [2.45, 2.75) is 63.5 Å². The number of aliphatic carboxylic acids is 1. The number of fused-ring (bicyclic) bond motifs is 1. The molecule has 3 heterocycles. The van der Waals surface area contributed by atoms with Crippen molar-refractivity contribution in [3.63, 3.8) is 0 Å². The number of rotatable bonds is 3. The molecule has 7 heteroatoms. The average molecular weight is 392 g/mol. The van der Waals surface area contributed by atoms with E-state index in [0.717, 1.165) is 58.3 Å². The molecule has 0 bridgehead atoms. The van der Waals surface area contributed by atoms with Crippen LogP contribution in [0.1, 0.15) is 59.8 Å². The maximum atomic E-state index is 12.6. The van der Waals surface area contributed by atoms with E-state index >= 15 is 0 Å². The Morgan fingerprint density at radius 1 is 1.15 bits per heavy atom. The normalized spacial score (nSPS) is 26.4. The van der Waals surface area contributed by atoms with Gasteiger partial charge in [-0.1, -0.05) is 0 Å². The van der Waals surface area contributed by atoms with E-state index in [9.17, 15) is 9.59 Å². The standard InChI is InChI=1S/C20H29N3O3S/c24-19(25)14-1-3-16(4-2-14)22-20(26)23-9-6-13(7-10-23)18-11-15-12-21-8-5-17(15)27-18/h11,13-14,16,21H,1-10,12H2,(H,22,26)(H,24,25). The first-order valence-corrected chi connectivity index (χ1v) is 11.0. The third kappa shape index (κ3) is 4.29. The summed E-state index contributed by atoms with van der Waals surface area (Å²) in [6.45, 7) is 3.70. The van der Waals surface area contributed by atoms with E-state index in [0.29, 0.717) is 18.8 Å². The summed E-state index contributed by atoms with van der Waals surface area (Å²) in [5, 5.41) is 15.7. The van der Waals surface area contributed by atoms with Gasteiger partial charge in [0, 0.05) is 42.0 Å². The van der Waals surface area contributed by atoms with Gasteiger partial charge in [-0.3, -0.25) is 4.79 Å². The van der Waals surface area contributed by atoms with Gasteiger partial charge in [0.15, 0.2) is 0 Å². The second-order valence-corrected chi connectivity index (χ2v) is 9.29. The summed E-state index contributed by atoms with van der Waals surface area (Å²) in [7, 11) is 0. The lowest BCUT2D eigenvalue weighted by Gasteiger charge is -2.34. The number of amides is 2. The van der Waals surface area contributed by atoms with Crippen LogP contribution in [0.4, 0.5) is 4.79 Å². The van der Waals surface area contributed by atoms with E-state index < -0.39 is 5.97 Å². The Bertz CT molecular complexity index is 665. The SMILES string of the molecule is O=C(O)C1CCC(NC(=O)N2CCC(c3cc4c(s3)CCNC4)CC2)CC1. The van der Waals surface area contributed by atoms with Crippen LogP contribution in [0.15, 0.2) is 6.07 Å². The minimum absolute atomic E-state index is 0.0295. The van der Waals surface area contributed by atoms with Gasteiger partial charge in [-0.25, -0.2) is 4.79 Å². The molecule has 6 nitrogen and oxygen atoms in total. The molecule has 148 valence electrons. The number of nitrogens with one attached hydrogen (secondary N) is 2. The largest absolute Gasteiger partial charge is 0.481 e. The van der Waals surface area contributed by atoms with Crippen LogP contribution in [0.3, 0.4) is 0 Å². The number of thiophene rings is 1. The van der Waals surface area contributed by atoms with Crippen molar-refractivity contribution in [2.24, 2.45) is 5.92 Å². The molecule has 3 aliphatic rings. The number of urea groups is 1. The van der Waals surface area contributed by atoms with Crippen molar-refractivity contribution in [3.05, 3.63) is 21.4 Å². The van der Waals surface area contributed by atoms with E-state index in [1.807, 2.05) is 16.2 Å². The molecular formula is C20H29N3O3S. The molecule has 0 unspecified atom stereocenters. The quantitative estimate of drug-likeness (QED) is 0.740. The lowest BCUT2D eigenvalue weighted by atomic mass is 9.86. The zero-order valence-corrected chi connectivity index (χ0v) is 16.5. The number of carboxylic acids is 1. The molecular weight excluding hydrogens is 362 g/mol. The van der Waals surface area contributed by atoms with Crippen molar-refractivity contribution in [3.8, 4) is 0 Å². The second kappa shape index (κ2) is 8.19. The maximum Gasteiger partial charge on any atom is 0.317 e. The van der Waals surface area contributed by atoms with Gasteiger partial charge in [-0.2, -0.15) is 0 Å². The number of hydrogen-bond acceptors (Lipinski definition) is 4. The van der Waals surface area contributed by atoms with Crippen molar-refractivity contribution in [1.82, 2.24) is 15.5 Å². The molecule has 1 saturated heterocycles. The predicted octanol–water partition coefficient (Wildman–Crippen LogP) is 2.93. The van der Waals surface area contributed by atoms with Gasteiger partial charge in [0.1, 0.15) is 0 Å². The van der Waals surface area contributed by atoms with Gasteiger partial charge in [0.25, 0.3) is 0 Å². The molecule has 1 aromatic rings. The van der Waals surface area contributed by atoms with Crippen LogP contribution in [0.2, 0.25) is 0 Å². The number of hydrogen-bond donors (Lipinski definition) is 3. The maximum absolute atomic E-state index is 12.6. The van der Waals surface area contributed by atoms with Crippen molar-refractivity contribution < 1.29 is 14.7 Å². The van der Waals surface area contributed by atoms with E-state index in [4.69, 9.17) is 5.11 Å². The van der Waals surface area contributed by atoms with Crippen LogP contribution in [0.5, 0.6) is 0 Å². The van der Waals surface area contributed by atoms with E-state index in [2.05, 4.69) is 16.7 Å². The minimum Gasteiger partial charge on any atom is -0.481 e. The number of likely N-dealkylation sites (tertiary alicyclic amines) is 1. The molecule has 0 atom stereocenters. The first-order valence-electron chi connectivity index (χ1n) is 10.2. The Labute approximate surface area is 164 Å². The van der Waals surface area contributed by atoms with Crippen LogP contribution in [0, 0.1) is 5.92 Å². The molecule has 2 amide bonds. The van der Waals surface area contributed by atoms with Gasteiger partial charge in [0.05, 0.1) is 5.92 Å². The van der Waals surface area contributed by atoms with E-state index in [-0.39, 0.29) is 18.0 Å². The first kappa shape index (κ1) is 18.7. The van der Waals surface area contributed by atoms with E-state index in [1.54, 1.807) is 4.88 Å². The fourth-order valence-electron chi connectivity index (χ4n) is 4.59. The topological polar surface area (TPSA) is 81.7 Å². The van der Waals surface area contributed by atoms with Crippen molar-refractivity contribution >= 4 is 23.3 Å². The highest BCUT2D eigenvalue weighted by Crippen LogP contribution is 2.36. The predicted molar refractivity (Wildman–Crippen MR) is 105 cm³/mol. The Morgan fingerprint density at radius 2 is 1.89 bits per heavy atom. The fourth-order valence-corrected chi connectivity index (χ4v) is 5.95. The van der Waals surface area contributed by atoms with Crippen LogP contribution >= 0.6 is 11.3 Å². The fraction of sp³-hybridized carbons (Fsp3) is 0.700. The number of carboxylic acid groups (broad SMARTS) is 1. The lowest BCUT2D eigenvalue weighted by molar-refractivity contribution is -0.142. The highest BCUT2D eigenvalue weighted by atomic mass is 32.1. The Hall–Kier alpha value is -1.60. The van der Waals surface area contributed by atoms with Gasteiger partial charge in [-0.15, -0.1) is 11.3 Å². The minimum atomic E-state index is -0.701. The Morgan fingerprint density at radius 3 is 2.56 bits per heavy atom. The molecule has 2 aliphatic heterocycles. The summed E-state index contributed by atoms with van der Waals surface area (Å²) in [5.74, 6) is -0.357. The van der Waals surface area contributed by atoms with Gasteiger partial charge in [0.2, 0.25) is 0 Å². The van der Waals surface area contributed by atoms with Gasteiger partial charge < -0.3 is 20.6 Å². The molecule has 2 fully saturated rings. The molecule has 0 aromatic carbocycles. The number of carbonyl (C=O) groups is 2. The highest BCUT2D eigenvalue weighted by molar-refractivity contribution is 7.12. The third-order valence-electron chi connectivity index (χ3n) is 6.35. The second-order valence-electron chi connectivity index (χ2n) is 8.12. The van der Waals surface area contributed by atoms with E-state index in [1.165, 1.54) is 10.4 Å². The average Bonchev–Trinajstić information content (AvgIpc) is 3.13. The smallest absolute Gasteiger partial charge is 0.317 e. The van der Waals surface area contributed by atoms with Crippen LogP contribution in [0.25, 0.3) is 0 Å².